The minimum atomic E-state index is -0.0102. The molecule has 3 rings (SSSR count). The molecule has 1 aromatic carbocycles. The number of carbonyl (C=O) groups is 1. The topological polar surface area (TPSA) is 46.9 Å². The molecule has 4 nitrogen and oxygen atoms in total. The molecule has 1 heterocycles. The lowest BCUT2D eigenvalue weighted by Crippen LogP contribution is -2.27. The third kappa shape index (κ3) is 3.06. The first-order chi connectivity index (χ1) is 10.6. The van der Waals surface area contributed by atoms with E-state index in [1.54, 1.807) is 0 Å². The Morgan fingerprint density at radius 2 is 2.09 bits per heavy atom. The molecule has 22 heavy (non-hydrogen) atoms. The van der Waals surface area contributed by atoms with Crippen molar-refractivity contribution in [3.63, 3.8) is 0 Å². The van der Waals surface area contributed by atoms with E-state index in [2.05, 4.69) is 36.4 Å². The number of nitrogens with zero attached hydrogens (tertiary/aromatic N) is 2. The molecular weight excluding hydrogens is 274 g/mol. The van der Waals surface area contributed by atoms with Gasteiger partial charge >= 0.3 is 0 Å². The van der Waals surface area contributed by atoms with E-state index in [-0.39, 0.29) is 11.9 Å². The summed E-state index contributed by atoms with van der Waals surface area (Å²) in [5, 5.41) is 7.61. The molecule has 0 bridgehead atoms. The number of para-hydroxylation sites is 1. The third-order valence-electron chi connectivity index (χ3n) is 4.41. The first kappa shape index (κ1) is 14.8. The second-order valence-corrected chi connectivity index (χ2v) is 6.32. The molecule has 0 saturated heterocycles. The normalized spacial score (nSPS) is 15.6. The van der Waals surface area contributed by atoms with Gasteiger partial charge in [-0.1, -0.05) is 18.2 Å². The summed E-state index contributed by atoms with van der Waals surface area (Å²) in [6.07, 6.45) is 4.93. The number of benzene rings is 1. The number of rotatable bonds is 5. The molecule has 1 atom stereocenters. The summed E-state index contributed by atoms with van der Waals surface area (Å²) < 4.78 is 1.95. The van der Waals surface area contributed by atoms with Gasteiger partial charge in [-0.2, -0.15) is 5.10 Å². The summed E-state index contributed by atoms with van der Waals surface area (Å²) in [5.41, 5.74) is 4.43. The van der Waals surface area contributed by atoms with Crippen LogP contribution in [0.1, 0.15) is 49.0 Å². The van der Waals surface area contributed by atoms with Crippen LogP contribution in [0.25, 0.3) is 5.69 Å². The largest absolute Gasteiger partial charge is 0.349 e. The van der Waals surface area contributed by atoms with E-state index in [0.717, 1.165) is 16.9 Å². The van der Waals surface area contributed by atoms with E-state index in [1.165, 1.54) is 18.4 Å². The van der Waals surface area contributed by atoms with Gasteiger partial charge in [0.2, 0.25) is 5.91 Å². The van der Waals surface area contributed by atoms with Gasteiger partial charge in [0.15, 0.2) is 0 Å². The number of aryl methyl sites for hydroxylation is 1. The van der Waals surface area contributed by atoms with Gasteiger partial charge in [-0.05, 0) is 51.2 Å². The van der Waals surface area contributed by atoms with Crippen molar-refractivity contribution in [3.05, 3.63) is 47.3 Å². The van der Waals surface area contributed by atoms with Gasteiger partial charge in [0.1, 0.15) is 0 Å². The summed E-state index contributed by atoms with van der Waals surface area (Å²) in [5.74, 6) is 0.765. The lowest BCUT2D eigenvalue weighted by atomic mass is 10.1. The second-order valence-electron chi connectivity index (χ2n) is 6.32. The van der Waals surface area contributed by atoms with Crippen LogP contribution in [0, 0.1) is 19.8 Å². The van der Waals surface area contributed by atoms with Gasteiger partial charge in [0, 0.05) is 17.7 Å². The van der Waals surface area contributed by atoms with Crippen molar-refractivity contribution in [1.82, 2.24) is 15.1 Å². The number of aromatic nitrogens is 2. The molecule has 4 heteroatoms. The standard InChI is InChI=1S/C18H23N3O/c1-12-6-4-5-7-17(12)21-14(3)16(11-19-21)13(2)20-18(22)10-15-8-9-15/h4-7,11,13,15H,8-10H2,1-3H3,(H,20,22)/t13-/m1/s1. The number of hydrogen-bond acceptors (Lipinski definition) is 2. The van der Waals surface area contributed by atoms with Gasteiger partial charge in [-0.25, -0.2) is 4.68 Å². The number of amides is 1. The van der Waals surface area contributed by atoms with E-state index in [9.17, 15) is 4.79 Å². The fourth-order valence-electron chi connectivity index (χ4n) is 2.85. The third-order valence-corrected chi connectivity index (χ3v) is 4.41. The van der Waals surface area contributed by atoms with Crippen LogP contribution >= 0.6 is 0 Å². The van der Waals surface area contributed by atoms with Gasteiger partial charge in [-0.15, -0.1) is 0 Å². The molecule has 0 radical (unpaired) electrons. The SMILES string of the molecule is Cc1ccccc1-n1ncc([C@@H](C)NC(=O)CC2CC2)c1C. The average Bonchev–Trinajstić information content (AvgIpc) is 3.20. The monoisotopic (exact) mass is 297 g/mol. The van der Waals surface area contributed by atoms with Gasteiger partial charge in [0.05, 0.1) is 17.9 Å². The van der Waals surface area contributed by atoms with Crippen molar-refractivity contribution in [2.45, 2.75) is 46.1 Å². The zero-order chi connectivity index (χ0) is 15.7. The minimum absolute atomic E-state index is 0.0102. The number of nitrogens with one attached hydrogen (secondary N) is 1. The van der Waals surface area contributed by atoms with Crippen molar-refractivity contribution < 1.29 is 4.79 Å². The Labute approximate surface area is 131 Å². The Morgan fingerprint density at radius 3 is 2.77 bits per heavy atom. The van der Waals surface area contributed by atoms with E-state index in [4.69, 9.17) is 0 Å². The Balaban J connectivity index is 1.77. The minimum Gasteiger partial charge on any atom is -0.349 e. The fourth-order valence-corrected chi connectivity index (χ4v) is 2.85. The molecule has 1 amide bonds. The maximum atomic E-state index is 12.0. The van der Waals surface area contributed by atoms with E-state index in [0.29, 0.717) is 12.3 Å². The van der Waals surface area contributed by atoms with E-state index in [1.807, 2.05) is 29.9 Å². The number of carbonyl (C=O) groups excluding carboxylic acids is 1. The van der Waals surface area contributed by atoms with Crippen LogP contribution < -0.4 is 5.32 Å². The van der Waals surface area contributed by atoms with Crippen molar-refractivity contribution in [2.75, 3.05) is 0 Å². The molecule has 2 aromatic rings. The highest BCUT2D eigenvalue weighted by atomic mass is 16.1. The molecule has 0 aliphatic heterocycles. The van der Waals surface area contributed by atoms with E-state index < -0.39 is 0 Å². The average molecular weight is 297 g/mol. The van der Waals surface area contributed by atoms with Crippen LogP contribution in [-0.2, 0) is 4.79 Å². The Bertz CT molecular complexity index is 685. The fraction of sp³-hybridized carbons (Fsp3) is 0.444. The van der Waals surface area contributed by atoms with Crippen molar-refractivity contribution in [2.24, 2.45) is 5.92 Å². The van der Waals surface area contributed by atoms with Crippen LogP contribution in [0.5, 0.6) is 0 Å². The van der Waals surface area contributed by atoms with Gasteiger partial charge in [0.25, 0.3) is 0 Å². The summed E-state index contributed by atoms with van der Waals surface area (Å²) in [6, 6.07) is 8.18. The zero-order valence-corrected chi connectivity index (χ0v) is 13.5. The highest BCUT2D eigenvalue weighted by molar-refractivity contribution is 5.77. The number of hydrogen-bond donors (Lipinski definition) is 1. The smallest absolute Gasteiger partial charge is 0.220 e. The van der Waals surface area contributed by atoms with Crippen molar-refractivity contribution >= 4 is 5.91 Å². The summed E-state index contributed by atoms with van der Waals surface area (Å²) in [7, 11) is 0. The molecule has 0 spiro atoms. The first-order valence-corrected chi connectivity index (χ1v) is 7.96. The first-order valence-electron chi connectivity index (χ1n) is 7.96. The Hall–Kier alpha value is -2.10. The van der Waals surface area contributed by atoms with Crippen LogP contribution in [0.15, 0.2) is 30.5 Å². The Kier molecular flexibility index (Phi) is 4.01. The zero-order valence-electron chi connectivity index (χ0n) is 13.5. The predicted molar refractivity (Wildman–Crippen MR) is 86.9 cm³/mol. The van der Waals surface area contributed by atoms with Crippen LogP contribution in [0.3, 0.4) is 0 Å². The highest BCUT2D eigenvalue weighted by Crippen LogP contribution is 2.32. The molecule has 1 aliphatic carbocycles. The van der Waals surface area contributed by atoms with Gasteiger partial charge < -0.3 is 5.32 Å². The molecule has 1 N–H and O–H groups in total. The van der Waals surface area contributed by atoms with Crippen LogP contribution in [-0.4, -0.2) is 15.7 Å². The predicted octanol–water partition coefficient (Wildman–Crippen LogP) is 3.47. The second kappa shape index (κ2) is 5.95. The molecule has 1 fully saturated rings. The van der Waals surface area contributed by atoms with Crippen molar-refractivity contribution in [3.8, 4) is 5.69 Å². The highest BCUT2D eigenvalue weighted by Gasteiger charge is 2.25. The molecular formula is C18H23N3O. The maximum Gasteiger partial charge on any atom is 0.220 e. The van der Waals surface area contributed by atoms with Crippen molar-refractivity contribution in [1.29, 1.82) is 0 Å². The van der Waals surface area contributed by atoms with Gasteiger partial charge in [-0.3, -0.25) is 4.79 Å². The van der Waals surface area contributed by atoms with E-state index >= 15 is 0 Å². The molecule has 116 valence electrons. The van der Waals surface area contributed by atoms with Crippen LogP contribution in [0.4, 0.5) is 0 Å². The molecule has 0 unspecified atom stereocenters. The molecule has 1 aliphatic rings. The quantitative estimate of drug-likeness (QED) is 0.918. The summed E-state index contributed by atoms with van der Waals surface area (Å²) in [6.45, 7) is 6.16. The lowest BCUT2D eigenvalue weighted by molar-refractivity contribution is -0.122. The molecule has 1 saturated carbocycles. The summed E-state index contributed by atoms with van der Waals surface area (Å²) >= 11 is 0. The summed E-state index contributed by atoms with van der Waals surface area (Å²) in [4.78, 5) is 12.0. The Morgan fingerprint density at radius 1 is 1.36 bits per heavy atom. The lowest BCUT2D eigenvalue weighted by Gasteiger charge is -2.14. The van der Waals surface area contributed by atoms with Crippen LogP contribution in [0.2, 0.25) is 0 Å². The maximum absolute atomic E-state index is 12.0. The molecule has 1 aromatic heterocycles.